The molecule has 3 heterocycles. The van der Waals surface area contributed by atoms with Crippen LogP contribution >= 0.6 is 0 Å². The predicted molar refractivity (Wildman–Crippen MR) is 75.2 cm³/mol. The summed E-state index contributed by atoms with van der Waals surface area (Å²) in [5.41, 5.74) is 6.04. The smallest absolute Gasteiger partial charge is 1.00 e. The Hall–Kier alpha value is -2.63. The zero-order chi connectivity index (χ0) is 15.9. The maximum atomic E-state index is 14.2. The molecule has 10 heteroatoms. The second kappa shape index (κ2) is 6.24. The summed E-state index contributed by atoms with van der Waals surface area (Å²) in [7, 11) is 1.30. The van der Waals surface area contributed by atoms with Crippen molar-refractivity contribution >= 4 is 17.3 Å². The van der Waals surface area contributed by atoms with Crippen molar-refractivity contribution in [3.8, 4) is 17.1 Å². The standard InChI is InChI=1S/C13H10FN5O3.Li.H/c1-22-12-7(13(20)21)2-6(4-16-12)10-8(14)3-9-11(15)17-5-18-19(9)10;;/h2-5H,1H3,(H,20,21)(H2,15,17,18);;/q;+1;-1. The first kappa shape index (κ1) is 16.7. The molecule has 3 rings (SSSR count). The van der Waals surface area contributed by atoms with Gasteiger partial charge in [0.25, 0.3) is 0 Å². The molecule has 114 valence electrons. The van der Waals surface area contributed by atoms with Gasteiger partial charge in [-0.1, -0.05) is 0 Å². The fraction of sp³-hybridized carbons (Fsp3) is 0.0769. The van der Waals surface area contributed by atoms with Crippen molar-refractivity contribution in [1.29, 1.82) is 0 Å². The van der Waals surface area contributed by atoms with Crippen molar-refractivity contribution in [2.24, 2.45) is 0 Å². The van der Waals surface area contributed by atoms with E-state index < -0.39 is 11.8 Å². The number of carboxylic acids is 1. The normalized spacial score (nSPS) is 10.3. The van der Waals surface area contributed by atoms with Gasteiger partial charge in [0.05, 0.1) is 7.11 Å². The number of nitrogen functional groups attached to an aromatic ring is 1. The number of hydrogen-bond acceptors (Lipinski definition) is 6. The van der Waals surface area contributed by atoms with Crippen LogP contribution < -0.4 is 29.3 Å². The summed E-state index contributed by atoms with van der Waals surface area (Å²) in [6.07, 6.45) is 2.48. The van der Waals surface area contributed by atoms with E-state index in [0.717, 1.165) is 0 Å². The fourth-order valence-corrected chi connectivity index (χ4v) is 2.14. The second-order valence-electron chi connectivity index (χ2n) is 4.37. The number of rotatable bonds is 3. The van der Waals surface area contributed by atoms with E-state index in [9.17, 15) is 14.3 Å². The van der Waals surface area contributed by atoms with E-state index in [2.05, 4.69) is 15.1 Å². The number of ether oxygens (including phenoxy) is 1. The molecule has 0 aliphatic heterocycles. The molecule has 0 saturated heterocycles. The summed E-state index contributed by atoms with van der Waals surface area (Å²) < 4.78 is 20.4. The zero-order valence-corrected chi connectivity index (χ0v) is 12.3. The third kappa shape index (κ3) is 2.72. The molecular formula is C13H11FLiN5O3. The van der Waals surface area contributed by atoms with Crippen molar-refractivity contribution in [1.82, 2.24) is 19.6 Å². The number of methoxy groups -OCH3 is 1. The number of nitrogens with zero attached hydrogens (tertiary/aromatic N) is 4. The van der Waals surface area contributed by atoms with Crippen LogP contribution in [0.25, 0.3) is 16.8 Å². The summed E-state index contributed by atoms with van der Waals surface area (Å²) in [5.74, 6) is -1.80. The van der Waals surface area contributed by atoms with Crippen molar-refractivity contribution < 1.29 is 39.3 Å². The first-order valence-electron chi connectivity index (χ1n) is 6.08. The number of fused-ring (bicyclic) bond motifs is 1. The average molecular weight is 311 g/mol. The van der Waals surface area contributed by atoms with Crippen LogP contribution in [0.15, 0.2) is 24.7 Å². The zero-order valence-electron chi connectivity index (χ0n) is 13.3. The molecule has 0 bridgehead atoms. The third-order valence-corrected chi connectivity index (χ3v) is 3.10. The first-order chi connectivity index (χ1) is 10.5. The molecule has 0 amide bonds. The SMILES string of the molecule is COc1ncc(-c2c(F)cc3c(N)ncnn23)cc1C(=O)O.[H-].[Li+]. The van der Waals surface area contributed by atoms with Crippen molar-refractivity contribution in [3.63, 3.8) is 0 Å². The van der Waals surface area contributed by atoms with Crippen LogP contribution in [0.3, 0.4) is 0 Å². The molecule has 0 aromatic carbocycles. The van der Waals surface area contributed by atoms with Crippen molar-refractivity contribution in [2.45, 2.75) is 0 Å². The number of aromatic nitrogens is 4. The number of anilines is 1. The second-order valence-corrected chi connectivity index (χ2v) is 4.37. The topological polar surface area (TPSA) is 116 Å². The molecule has 0 radical (unpaired) electrons. The number of halogens is 1. The Kier molecular flexibility index (Phi) is 4.54. The number of pyridine rings is 1. The molecular weight excluding hydrogens is 300 g/mol. The number of aromatic carboxylic acids is 1. The van der Waals surface area contributed by atoms with Crippen LogP contribution in [0.1, 0.15) is 11.8 Å². The van der Waals surface area contributed by atoms with Crippen LogP contribution in [-0.2, 0) is 0 Å². The molecule has 3 aromatic heterocycles. The number of carbonyl (C=O) groups is 1. The van der Waals surface area contributed by atoms with Gasteiger partial charge >= 0.3 is 24.8 Å². The molecule has 3 N–H and O–H groups in total. The third-order valence-electron chi connectivity index (χ3n) is 3.10. The summed E-state index contributed by atoms with van der Waals surface area (Å²) in [4.78, 5) is 18.9. The molecule has 0 aliphatic rings. The Morgan fingerprint density at radius 2 is 2.17 bits per heavy atom. The Morgan fingerprint density at radius 3 is 2.83 bits per heavy atom. The van der Waals surface area contributed by atoms with Gasteiger partial charge in [-0.3, -0.25) is 0 Å². The molecule has 0 spiro atoms. The monoisotopic (exact) mass is 311 g/mol. The van der Waals surface area contributed by atoms with Gasteiger partial charge in [-0.25, -0.2) is 23.7 Å². The van der Waals surface area contributed by atoms with E-state index in [1.165, 1.54) is 36.3 Å². The Balaban J connectivity index is 0.00000144. The largest absolute Gasteiger partial charge is 1.00 e. The van der Waals surface area contributed by atoms with Crippen LogP contribution in [0.4, 0.5) is 10.2 Å². The molecule has 0 unspecified atom stereocenters. The number of hydrogen-bond donors (Lipinski definition) is 2. The molecule has 0 atom stereocenters. The summed E-state index contributed by atoms with van der Waals surface area (Å²) >= 11 is 0. The van der Waals surface area contributed by atoms with Crippen molar-refractivity contribution in [2.75, 3.05) is 12.8 Å². The summed E-state index contributed by atoms with van der Waals surface area (Å²) in [6.45, 7) is 0. The Morgan fingerprint density at radius 1 is 1.43 bits per heavy atom. The number of nitrogens with two attached hydrogens (primary N) is 1. The Bertz CT molecular complexity index is 905. The maximum Gasteiger partial charge on any atom is 1.00 e. The average Bonchev–Trinajstić information content (AvgIpc) is 2.84. The van der Waals surface area contributed by atoms with Gasteiger partial charge in [-0.15, -0.1) is 0 Å². The van der Waals surface area contributed by atoms with Gasteiger partial charge in [0.1, 0.15) is 23.1 Å². The van der Waals surface area contributed by atoms with Gasteiger partial charge in [0.15, 0.2) is 11.6 Å². The molecule has 3 aromatic rings. The minimum absolute atomic E-state index is 0. The molecule has 0 aliphatic carbocycles. The van der Waals surface area contributed by atoms with Crippen LogP contribution in [0.5, 0.6) is 5.88 Å². The molecule has 0 saturated carbocycles. The van der Waals surface area contributed by atoms with E-state index in [-0.39, 0.29) is 54.3 Å². The van der Waals surface area contributed by atoms with Crippen molar-refractivity contribution in [3.05, 3.63) is 36.0 Å². The van der Waals surface area contributed by atoms with E-state index in [1.54, 1.807) is 0 Å². The summed E-state index contributed by atoms with van der Waals surface area (Å²) in [5, 5.41) is 13.1. The van der Waals surface area contributed by atoms with Crippen LogP contribution in [0.2, 0.25) is 0 Å². The minimum Gasteiger partial charge on any atom is -1.00 e. The van der Waals surface area contributed by atoms with Gasteiger partial charge in [0.2, 0.25) is 5.88 Å². The summed E-state index contributed by atoms with van der Waals surface area (Å²) in [6, 6.07) is 2.44. The molecule has 8 nitrogen and oxygen atoms in total. The Labute approximate surface area is 142 Å². The van der Waals surface area contributed by atoms with Gasteiger partial charge in [-0.2, -0.15) is 5.10 Å². The van der Waals surface area contributed by atoms with Gasteiger partial charge < -0.3 is 17.0 Å². The fourth-order valence-electron chi connectivity index (χ4n) is 2.14. The molecule has 0 fully saturated rings. The van der Waals surface area contributed by atoms with E-state index >= 15 is 0 Å². The molecule has 23 heavy (non-hydrogen) atoms. The van der Waals surface area contributed by atoms with Gasteiger partial charge in [0, 0.05) is 17.8 Å². The first-order valence-corrected chi connectivity index (χ1v) is 6.08. The van der Waals surface area contributed by atoms with Crippen LogP contribution in [-0.4, -0.2) is 37.8 Å². The van der Waals surface area contributed by atoms with E-state index in [4.69, 9.17) is 10.5 Å². The predicted octanol–water partition coefficient (Wildman–Crippen LogP) is -1.66. The van der Waals surface area contributed by atoms with E-state index in [1.807, 2.05) is 0 Å². The minimum atomic E-state index is -1.23. The van der Waals surface area contributed by atoms with E-state index in [0.29, 0.717) is 0 Å². The van der Waals surface area contributed by atoms with Gasteiger partial charge in [-0.05, 0) is 6.07 Å². The number of carboxylic acid groups (broad SMARTS) is 1. The quantitative estimate of drug-likeness (QED) is 0.556. The maximum absolute atomic E-state index is 14.2. The van der Waals surface area contributed by atoms with Crippen LogP contribution in [0, 0.1) is 5.82 Å².